The van der Waals surface area contributed by atoms with Crippen molar-refractivity contribution >= 4 is 23.2 Å². The number of rotatable bonds is 5. The summed E-state index contributed by atoms with van der Waals surface area (Å²) < 4.78 is 20.9. The van der Waals surface area contributed by atoms with E-state index in [0.29, 0.717) is 28.1 Å². The first-order valence-corrected chi connectivity index (χ1v) is 9.80. The first-order valence-electron chi connectivity index (χ1n) is 9.42. The third-order valence-corrected chi connectivity index (χ3v) is 5.05. The molecule has 1 unspecified atom stereocenters. The molecule has 1 atom stereocenters. The topological polar surface area (TPSA) is 68.1 Å². The molecule has 3 heterocycles. The van der Waals surface area contributed by atoms with E-state index in [1.807, 2.05) is 6.07 Å². The van der Waals surface area contributed by atoms with E-state index < -0.39 is 5.95 Å². The summed E-state index contributed by atoms with van der Waals surface area (Å²) >= 11 is 6.21. The van der Waals surface area contributed by atoms with Crippen LogP contribution in [0.15, 0.2) is 36.5 Å². The molecule has 3 aromatic rings. The molecule has 2 aromatic heterocycles. The fourth-order valence-corrected chi connectivity index (χ4v) is 3.50. The number of hydrogen-bond acceptors (Lipinski definition) is 6. The maximum absolute atomic E-state index is 13.1. The summed E-state index contributed by atoms with van der Waals surface area (Å²) in [4.78, 5) is 10.4. The van der Waals surface area contributed by atoms with Gasteiger partial charge in [-0.05, 0) is 50.7 Å². The SMILES string of the molecule is CN1CCCC(Oc2cc(Cl)ccc2Nc2nc(-c3ccc(F)nc3)nn2C)C1. The molecular weight excluding hydrogens is 395 g/mol. The number of likely N-dealkylation sites (N-methyl/N-ethyl adjacent to an activating group) is 1. The number of hydrogen-bond donors (Lipinski definition) is 1. The van der Waals surface area contributed by atoms with Crippen LogP contribution in [-0.4, -0.2) is 50.9 Å². The van der Waals surface area contributed by atoms with Crippen molar-refractivity contribution in [2.75, 3.05) is 25.5 Å². The lowest BCUT2D eigenvalue weighted by Gasteiger charge is -2.30. The van der Waals surface area contributed by atoms with Crippen molar-refractivity contribution in [3.63, 3.8) is 0 Å². The summed E-state index contributed by atoms with van der Waals surface area (Å²) in [5.41, 5.74) is 1.38. The number of pyridine rings is 1. The average Bonchev–Trinajstić information content (AvgIpc) is 3.05. The standard InChI is InChI=1S/C20H22ClFN6O/c1-27-9-3-4-15(12-27)29-17-10-14(21)6-7-16(17)24-20-25-19(26-28(20)2)13-5-8-18(22)23-11-13/h5-8,10-11,15H,3-4,9,12H2,1-2H3,(H,24,25,26). The van der Waals surface area contributed by atoms with Gasteiger partial charge in [-0.3, -0.25) is 0 Å². The minimum absolute atomic E-state index is 0.105. The molecule has 7 nitrogen and oxygen atoms in total. The van der Waals surface area contributed by atoms with Gasteiger partial charge in [0.25, 0.3) is 0 Å². The highest BCUT2D eigenvalue weighted by atomic mass is 35.5. The van der Waals surface area contributed by atoms with Gasteiger partial charge in [0, 0.05) is 36.4 Å². The fourth-order valence-electron chi connectivity index (χ4n) is 3.34. The molecule has 9 heteroatoms. The third kappa shape index (κ3) is 4.65. The van der Waals surface area contributed by atoms with Gasteiger partial charge in [0.15, 0.2) is 5.82 Å². The molecule has 1 saturated heterocycles. The van der Waals surface area contributed by atoms with Crippen molar-refractivity contribution in [1.82, 2.24) is 24.6 Å². The number of benzene rings is 1. The first-order chi connectivity index (χ1) is 14.0. The van der Waals surface area contributed by atoms with Crippen LogP contribution in [0.5, 0.6) is 5.75 Å². The Morgan fingerprint density at radius 3 is 2.86 bits per heavy atom. The Morgan fingerprint density at radius 2 is 2.10 bits per heavy atom. The number of aryl methyl sites for hydroxylation is 1. The van der Waals surface area contributed by atoms with Crippen molar-refractivity contribution in [2.24, 2.45) is 7.05 Å². The van der Waals surface area contributed by atoms with Crippen molar-refractivity contribution in [2.45, 2.75) is 18.9 Å². The zero-order chi connectivity index (χ0) is 20.4. The van der Waals surface area contributed by atoms with E-state index >= 15 is 0 Å². The van der Waals surface area contributed by atoms with Gasteiger partial charge in [-0.15, -0.1) is 5.10 Å². The second-order valence-electron chi connectivity index (χ2n) is 7.16. The summed E-state index contributed by atoms with van der Waals surface area (Å²) in [7, 11) is 3.88. The Hall–Kier alpha value is -2.71. The van der Waals surface area contributed by atoms with E-state index in [0.717, 1.165) is 31.6 Å². The Balaban J connectivity index is 1.57. The van der Waals surface area contributed by atoms with Crippen LogP contribution in [0.2, 0.25) is 5.02 Å². The predicted octanol–water partition coefficient (Wildman–Crippen LogP) is 3.89. The lowest BCUT2D eigenvalue weighted by atomic mass is 10.1. The van der Waals surface area contributed by atoms with E-state index in [4.69, 9.17) is 16.3 Å². The lowest BCUT2D eigenvalue weighted by Crippen LogP contribution is -2.38. The van der Waals surface area contributed by atoms with Crippen molar-refractivity contribution in [3.8, 4) is 17.1 Å². The van der Waals surface area contributed by atoms with Crippen molar-refractivity contribution < 1.29 is 9.13 Å². The minimum atomic E-state index is -0.542. The number of nitrogens with zero attached hydrogens (tertiary/aromatic N) is 5. The van der Waals surface area contributed by atoms with Crippen LogP contribution in [0, 0.1) is 5.95 Å². The summed E-state index contributed by atoms with van der Waals surface area (Å²) in [6, 6.07) is 8.34. The average molecular weight is 417 g/mol. The largest absolute Gasteiger partial charge is 0.487 e. The lowest BCUT2D eigenvalue weighted by molar-refractivity contribution is 0.105. The number of halogens is 2. The molecule has 1 aliphatic rings. The van der Waals surface area contributed by atoms with Crippen molar-refractivity contribution in [3.05, 3.63) is 47.5 Å². The van der Waals surface area contributed by atoms with E-state index in [1.54, 1.807) is 29.9 Å². The summed E-state index contributed by atoms with van der Waals surface area (Å²) in [5.74, 6) is 1.11. The maximum Gasteiger partial charge on any atom is 0.226 e. The molecule has 0 bridgehead atoms. The number of nitrogens with one attached hydrogen (secondary N) is 1. The van der Waals surface area contributed by atoms with Gasteiger partial charge >= 0.3 is 0 Å². The van der Waals surface area contributed by atoms with Gasteiger partial charge in [0.05, 0.1) is 5.69 Å². The molecule has 4 rings (SSSR count). The zero-order valence-electron chi connectivity index (χ0n) is 16.3. The second kappa shape index (κ2) is 8.34. The molecule has 1 N–H and O–H groups in total. The molecule has 1 aliphatic heterocycles. The predicted molar refractivity (Wildman–Crippen MR) is 110 cm³/mol. The molecule has 29 heavy (non-hydrogen) atoms. The van der Waals surface area contributed by atoms with Crippen LogP contribution in [0.1, 0.15) is 12.8 Å². The van der Waals surface area contributed by atoms with Crippen LogP contribution in [0.4, 0.5) is 16.0 Å². The molecule has 0 spiro atoms. The van der Waals surface area contributed by atoms with Crippen molar-refractivity contribution in [1.29, 1.82) is 0 Å². The van der Waals surface area contributed by atoms with Gasteiger partial charge < -0.3 is 15.0 Å². The monoisotopic (exact) mass is 416 g/mol. The molecule has 0 aliphatic carbocycles. The number of anilines is 2. The van der Waals surface area contributed by atoms with Crippen LogP contribution in [-0.2, 0) is 7.05 Å². The highest BCUT2D eigenvalue weighted by molar-refractivity contribution is 6.30. The number of likely N-dealkylation sites (tertiary alicyclic amines) is 1. The quantitative estimate of drug-likeness (QED) is 0.636. The normalized spacial score (nSPS) is 17.3. The molecule has 0 radical (unpaired) electrons. The second-order valence-corrected chi connectivity index (χ2v) is 7.60. The molecule has 1 fully saturated rings. The number of piperidine rings is 1. The zero-order valence-corrected chi connectivity index (χ0v) is 17.0. The number of aromatic nitrogens is 4. The first kappa shape index (κ1) is 19.6. The van der Waals surface area contributed by atoms with Gasteiger partial charge in [-0.25, -0.2) is 9.67 Å². The van der Waals surface area contributed by atoms with E-state index in [1.165, 1.54) is 12.3 Å². The smallest absolute Gasteiger partial charge is 0.226 e. The Labute approximate surface area is 173 Å². The Bertz CT molecular complexity index is 993. The van der Waals surface area contributed by atoms with E-state index in [2.05, 4.69) is 32.3 Å². The summed E-state index contributed by atoms with van der Waals surface area (Å²) in [5, 5.41) is 8.26. The van der Waals surface area contributed by atoms with Crippen LogP contribution in [0.3, 0.4) is 0 Å². The molecule has 0 amide bonds. The highest BCUT2D eigenvalue weighted by Gasteiger charge is 2.20. The molecule has 1 aromatic carbocycles. The maximum atomic E-state index is 13.1. The third-order valence-electron chi connectivity index (χ3n) is 4.81. The van der Waals surface area contributed by atoms with E-state index in [-0.39, 0.29) is 6.10 Å². The molecule has 0 saturated carbocycles. The fraction of sp³-hybridized carbons (Fsp3) is 0.350. The summed E-state index contributed by atoms with van der Waals surface area (Å²) in [6.45, 7) is 1.96. The molecule has 152 valence electrons. The molecular formula is C20H22ClFN6O. The van der Waals surface area contributed by atoms with Gasteiger partial charge in [-0.2, -0.15) is 9.37 Å². The Kier molecular flexibility index (Phi) is 5.64. The summed E-state index contributed by atoms with van der Waals surface area (Å²) in [6.07, 6.45) is 3.61. The number of ether oxygens (including phenoxy) is 1. The van der Waals surface area contributed by atoms with E-state index in [9.17, 15) is 4.39 Å². The Morgan fingerprint density at radius 1 is 1.24 bits per heavy atom. The van der Waals surface area contributed by atoms with Crippen LogP contribution < -0.4 is 10.1 Å². The minimum Gasteiger partial charge on any atom is -0.487 e. The van der Waals surface area contributed by atoms with Crippen LogP contribution >= 0.6 is 11.6 Å². The van der Waals surface area contributed by atoms with Gasteiger partial charge in [0.1, 0.15) is 11.9 Å². The van der Waals surface area contributed by atoms with Gasteiger partial charge in [0.2, 0.25) is 11.9 Å². The van der Waals surface area contributed by atoms with Crippen LogP contribution in [0.25, 0.3) is 11.4 Å². The highest BCUT2D eigenvalue weighted by Crippen LogP contribution is 2.32. The van der Waals surface area contributed by atoms with Gasteiger partial charge in [-0.1, -0.05) is 11.6 Å².